The fourth-order valence-corrected chi connectivity index (χ4v) is 1.42. The summed E-state index contributed by atoms with van der Waals surface area (Å²) in [6, 6.07) is 3.27. The summed E-state index contributed by atoms with van der Waals surface area (Å²) in [4.78, 5) is 22.0. The zero-order valence-corrected chi connectivity index (χ0v) is 8.09. The summed E-state index contributed by atoms with van der Waals surface area (Å²) in [5.41, 5.74) is 0.592. The van der Waals surface area contributed by atoms with Gasteiger partial charge in [-0.15, -0.1) is 0 Å². The van der Waals surface area contributed by atoms with E-state index >= 15 is 0 Å². The molecule has 1 fully saturated rings. The number of benzene rings is 1. The van der Waals surface area contributed by atoms with Gasteiger partial charge in [0.1, 0.15) is 0 Å². The Morgan fingerprint density at radius 2 is 1.94 bits per heavy atom. The molecule has 0 aromatic heterocycles. The highest BCUT2D eigenvalue weighted by Crippen LogP contribution is 2.16. The molecule has 0 radical (unpaired) electrons. The van der Waals surface area contributed by atoms with Gasteiger partial charge in [0.2, 0.25) is 5.91 Å². The average Bonchev–Trinajstić information content (AvgIpc) is 2.51. The van der Waals surface area contributed by atoms with Crippen LogP contribution in [0.3, 0.4) is 0 Å². The van der Waals surface area contributed by atoms with Crippen molar-refractivity contribution in [1.29, 1.82) is 0 Å². The van der Waals surface area contributed by atoms with Crippen molar-refractivity contribution in [3.8, 4) is 0 Å². The van der Waals surface area contributed by atoms with Gasteiger partial charge in [-0.3, -0.25) is 14.9 Å². The summed E-state index contributed by atoms with van der Waals surface area (Å²) in [5.74, 6) is -2.82. The Hall–Kier alpha value is -2.04. The molecule has 0 bridgehead atoms. The van der Waals surface area contributed by atoms with Crippen molar-refractivity contribution < 1.29 is 18.4 Å². The first-order valence-electron chi connectivity index (χ1n) is 4.56. The van der Waals surface area contributed by atoms with Crippen LogP contribution in [-0.4, -0.2) is 11.8 Å². The maximum Gasteiger partial charge on any atom is 0.254 e. The zero-order valence-electron chi connectivity index (χ0n) is 8.09. The molecule has 1 aliphatic rings. The molecule has 2 amide bonds. The molecule has 0 aliphatic carbocycles. The van der Waals surface area contributed by atoms with E-state index in [0.717, 1.165) is 12.1 Å². The smallest absolute Gasteiger partial charge is 0.254 e. The van der Waals surface area contributed by atoms with E-state index < -0.39 is 17.5 Å². The molecule has 16 heavy (non-hydrogen) atoms. The molecule has 2 rings (SSSR count). The van der Waals surface area contributed by atoms with Crippen LogP contribution in [0.25, 0.3) is 6.08 Å². The molecule has 82 valence electrons. The van der Waals surface area contributed by atoms with Crippen LogP contribution in [0.2, 0.25) is 0 Å². The van der Waals surface area contributed by atoms with Crippen LogP contribution in [-0.2, 0) is 9.59 Å². The summed E-state index contributed by atoms with van der Waals surface area (Å²) in [6.07, 6.45) is 1.33. The van der Waals surface area contributed by atoms with Gasteiger partial charge in [0, 0.05) is 5.57 Å². The molecule has 0 atom stereocenters. The van der Waals surface area contributed by atoms with Crippen molar-refractivity contribution in [3.05, 3.63) is 41.0 Å². The lowest BCUT2D eigenvalue weighted by Gasteiger charge is -1.97. The third-order valence-electron chi connectivity index (χ3n) is 2.18. The monoisotopic (exact) mass is 223 g/mol. The third-order valence-corrected chi connectivity index (χ3v) is 2.18. The molecule has 1 aliphatic heterocycles. The number of hydrogen-bond donors (Lipinski definition) is 1. The summed E-state index contributed by atoms with van der Waals surface area (Å²) >= 11 is 0. The van der Waals surface area contributed by atoms with Gasteiger partial charge in [0.25, 0.3) is 5.91 Å². The molecule has 1 aromatic rings. The van der Waals surface area contributed by atoms with Gasteiger partial charge in [-0.1, -0.05) is 6.07 Å². The lowest BCUT2D eigenvalue weighted by Crippen LogP contribution is -2.19. The highest BCUT2D eigenvalue weighted by Gasteiger charge is 2.23. The standard InChI is InChI=1S/C11H7F2NO2/c12-8-2-1-6(4-9(8)13)3-7-5-10(15)14-11(7)16/h1-4H,5H2,(H,14,15,16)/b7-3+. The number of halogens is 2. The summed E-state index contributed by atoms with van der Waals surface area (Å²) in [7, 11) is 0. The van der Waals surface area contributed by atoms with E-state index in [2.05, 4.69) is 5.32 Å². The Morgan fingerprint density at radius 1 is 1.19 bits per heavy atom. The summed E-state index contributed by atoms with van der Waals surface area (Å²) < 4.78 is 25.5. The summed E-state index contributed by atoms with van der Waals surface area (Å²) in [5, 5.41) is 2.10. The van der Waals surface area contributed by atoms with E-state index in [1.807, 2.05) is 0 Å². The molecule has 1 saturated heterocycles. The molecule has 0 saturated carbocycles. The van der Waals surface area contributed by atoms with Crippen molar-refractivity contribution in [2.45, 2.75) is 6.42 Å². The SMILES string of the molecule is O=C1C/C(=C\c2ccc(F)c(F)c2)C(=O)N1. The average molecular weight is 223 g/mol. The van der Waals surface area contributed by atoms with Gasteiger partial charge in [-0.05, 0) is 23.8 Å². The van der Waals surface area contributed by atoms with Crippen LogP contribution in [0.5, 0.6) is 0 Å². The highest BCUT2D eigenvalue weighted by molar-refractivity contribution is 6.15. The molecule has 1 heterocycles. The number of nitrogens with one attached hydrogen (secondary N) is 1. The first-order chi connectivity index (χ1) is 7.56. The Bertz CT molecular complexity index is 509. The number of amides is 2. The number of hydrogen-bond acceptors (Lipinski definition) is 2. The maximum atomic E-state index is 12.9. The van der Waals surface area contributed by atoms with Gasteiger partial charge in [-0.2, -0.15) is 0 Å². The Labute approximate surface area is 89.8 Å². The van der Waals surface area contributed by atoms with Gasteiger partial charge in [0.05, 0.1) is 6.42 Å². The predicted molar refractivity (Wildman–Crippen MR) is 52.1 cm³/mol. The van der Waals surface area contributed by atoms with Gasteiger partial charge in [0.15, 0.2) is 11.6 Å². The van der Waals surface area contributed by atoms with Crippen LogP contribution >= 0.6 is 0 Å². The normalized spacial score (nSPS) is 18.0. The third kappa shape index (κ3) is 1.98. The lowest BCUT2D eigenvalue weighted by molar-refractivity contribution is -0.124. The summed E-state index contributed by atoms with van der Waals surface area (Å²) in [6.45, 7) is 0. The number of carbonyl (C=O) groups excluding carboxylic acids is 2. The number of imide groups is 1. The van der Waals surface area contributed by atoms with Gasteiger partial charge < -0.3 is 0 Å². The Balaban J connectivity index is 2.32. The van der Waals surface area contributed by atoms with Crippen molar-refractivity contribution in [3.63, 3.8) is 0 Å². The minimum atomic E-state index is -0.987. The molecule has 5 heteroatoms. The van der Waals surface area contributed by atoms with Gasteiger partial charge >= 0.3 is 0 Å². The second-order valence-corrected chi connectivity index (χ2v) is 3.40. The fourth-order valence-electron chi connectivity index (χ4n) is 1.42. The maximum absolute atomic E-state index is 12.9. The molecule has 1 N–H and O–H groups in total. The minimum Gasteiger partial charge on any atom is -0.292 e. The van der Waals surface area contributed by atoms with Crippen LogP contribution in [0, 0.1) is 11.6 Å². The molecule has 0 unspecified atom stereocenters. The van der Waals surface area contributed by atoms with Crippen molar-refractivity contribution in [2.75, 3.05) is 0 Å². The predicted octanol–water partition coefficient (Wildman–Crippen LogP) is 1.39. The molecule has 1 aromatic carbocycles. The van der Waals surface area contributed by atoms with Crippen molar-refractivity contribution >= 4 is 17.9 Å². The lowest BCUT2D eigenvalue weighted by atomic mass is 10.1. The van der Waals surface area contributed by atoms with E-state index in [0.29, 0.717) is 5.56 Å². The van der Waals surface area contributed by atoms with E-state index in [4.69, 9.17) is 0 Å². The van der Waals surface area contributed by atoms with Crippen LogP contribution in [0.15, 0.2) is 23.8 Å². The first kappa shape index (κ1) is 10.5. The Morgan fingerprint density at radius 3 is 2.50 bits per heavy atom. The fraction of sp³-hybridized carbons (Fsp3) is 0.0909. The largest absolute Gasteiger partial charge is 0.292 e. The van der Waals surface area contributed by atoms with E-state index in [1.165, 1.54) is 12.1 Å². The minimum absolute atomic E-state index is 0.0299. The van der Waals surface area contributed by atoms with E-state index in [9.17, 15) is 18.4 Å². The van der Waals surface area contributed by atoms with Crippen LogP contribution < -0.4 is 5.32 Å². The molecule has 0 spiro atoms. The Kier molecular flexibility index (Phi) is 2.52. The topological polar surface area (TPSA) is 46.2 Å². The van der Waals surface area contributed by atoms with Crippen molar-refractivity contribution in [1.82, 2.24) is 5.32 Å². The molecular formula is C11H7F2NO2. The molecule has 3 nitrogen and oxygen atoms in total. The number of carbonyl (C=O) groups is 2. The highest BCUT2D eigenvalue weighted by atomic mass is 19.2. The van der Waals surface area contributed by atoms with Crippen LogP contribution in [0.1, 0.15) is 12.0 Å². The second-order valence-electron chi connectivity index (χ2n) is 3.40. The van der Waals surface area contributed by atoms with Crippen molar-refractivity contribution in [2.24, 2.45) is 0 Å². The van der Waals surface area contributed by atoms with Crippen LogP contribution in [0.4, 0.5) is 8.78 Å². The quantitative estimate of drug-likeness (QED) is 0.577. The van der Waals surface area contributed by atoms with Gasteiger partial charge in [-0.25, -0.2) is 8.78 Å². The second kappa shape index (κ2) is 3.84. The number of rotatable bonds is 1. The molecular weight excluding hydrogens is 216 g/mol. The van der Waals surface area contributed by atoms with E-state index in [-0.39, 0.29) is 17.9 Å². The van der Waals surface area contributed by atoms with E-state index in [1.54, 1.807) is 0 Å². The first-order valence-corrected chi connectivity index (χ1v) is 4.56. The zero-order chi connectivity index (χ0) is 11.7.